The van der Waals surface area contributed by atoms with Gasteiger partial charge in [-0.15, -0.1) is 0 Å². The van der Waals surface area contributed by atoms with Gasteiger partial charge in [-0.25, -0.2) is 0 Å². The van der Waals surface area contributed by atoms with E-state index in [1.54, 1.807) is 35.1 Å². The van der Waals surface area contributed by atoms with Crippen molar-refractivity contribution in [3.63, 3.8) is 0 Å². The molecule has 0 saturated carbocycles. The van der Waals surface area contributed by atoms with Crippen molar-refractivity contribution in [1.29, 1.82) is 0 Å². The first kappa shape index (κ1) is 14.8. The van der Waals surface area contributed by atoms with Gasteiger partial charge in [-0.2, -0.15) is 5.10 Å². The molecule has 2 N–H and O–H groups in total. The number of benzene rings is 1. The van der Waals surface area contributed by atoms with Crippen LogP contribution < -0.4 is 5.32 Å². The summed E-state index contributed by atoms with van der Waals surface area (Å²) in [4.78, 5) is 22.8. The number of anilines is 1. The number of carboxylic acid groups (broad SMARTS) is 1. The highest BCUT2D eigenvalue weighted by Gasteiger charge is 2.09. The highest BCUT2D eigenvalue weighted by atomic mass is 16.4. The number of nitrogens with zero attached hydrogens (tertiary/aromatic N) is 2. The zero-order valence-corrected chi connectivity index (χ0v) is 11.7. The molecule has 0 bridgehead atoms. The number of carboxylic acids is 1. The molecule has 21 heavy (non-hydrogen) atoms. The summed E-state index contributed by atoms with van der Waals surface area (Å²) in [5, 5.41) is 15.6. The van der Waals surface area contributed by atoms with Crippen LogP contribution in [0.15, 0.2) is 36.7 Å². The summed E-state index contributed by atoms with van der Waals surface area (Å²) in [5.74, 6) is -1.16. The van der Waals surface area contributed by atoms with Crippen molar-refractivity contribution < 1.29 is 14.7 Å². The summed E-state index contributed by atoms with van der Waals surface area (Å²) < 4.78 is 1.72. The Morgan fingerprint density at radius 2 is 2.19 bits per heavy atom. The number of nitrogens with one attached hydrogen (secondary N) is 1. The fourth-order valence-corrected chi connectivity index (χ4v) is 1.97. The number of aliphatic carboxylic acids is 1. The minimum absolute atomic E-state index is 0.0713. The van der Waals surface area contributed by atoms with Crippen molar-refractivity contribution >= 4 is 17.6 Å². The topological polar surface area (TPSA) is 84.2 Å². The molecule has 0 atom stereocenters. The molecule has 0 aliphatic rings. The SMILES string of the molecule is CCCn1cc(C(=O)Nc2cccc(CC(=O)O)c2)cn1. The quantitative estimate of drug-likeness (QED) is 0.852. The van der Waals surface area contributed by atoms with Gasteiger partial charge in [0.05, 0.1) is 18.2 Å². The average Bonchev–Trinajstić information content (AvgIpc) is 2.87. The number of rotatable bonds is 6. The zero-order chi connectivity index (χ0) is 15.2. The normalized spacial score (nSPS) is 10.3. The van der Waals surface area contributed by atoms with Gasteiger partial charge in [-0.05, 0) is 24.1 Å². The first-order chi connectivity index (χ1) is 10.1. The van der Waals surface area contributed by atoms with Crippen LogP contribution in [0.5, 0.6) is 0 Å². The lowest BCUT2D eigenvalue weighted by Gasteiger charge is -2.05. The molecule has 1 heterocycles. The van der Waals surface area contributed by atoms with Gasteiger partial charge in [0, 0.05) is 18.4 Å². The Bertz CT molecular complexity index is 649. The van der Waals surface area contributed by atoms with E-state index in [0.29, 0.717) is 16.8 Å². The van der Waals surface area contributed by atoms with Crippen LogP contribution in [0, 0.1) is 0 Å². The molecule has 6 heteroatoms. The second-order valence-corrected chi connectivity index (χ2v) is 4.72. The molecule has 0 saturated heterocycles. The molecule has 1 aromatic heterocycles. The van der Waals surface area contributed by atoms with Crippen LogP contribution in [0.4, 0.5) is 5.69 Å². The molecule has 1 amide bonds. The highest BCUT2D eigenvalue weighted by molar-refractivity contribution is 6.04. The summed E-state index contributed by atoms with van der Waals surface area (Å²) in [5.41, 5.74) is 1.69. The second-order valence-electron chi connectivity index (χ2n) is 4.72. The molecule has 0 fully saturated rings. The third kappa shape index (κ3) is 4.17. The van der Waals surface area contributed by atoms with Crippen LogP contribution in [0.1, 0.15) is 29.3 Å². The van der Waals surface area contributed by atoms with Crippen LogP contribution in [-0.4, -0.2) is 26.8 Å². The van der Waals surface area contributed by atoms with E-state index >= 15 is 0 Å². The molecular weight excluding hydrogens is 270 g/mol. The fourth-order valence-electron chi connectivity index (χ4n) is 1.97. The third-order valence-corrected chi connectivity index (χ3v) is 2.89. The number of carbonyl (C=O) groups is 2. The molecule has 1 aromatic carbocycles. The van der Waals surface area contributed by atoms with E-state index < -0.39 is 5.97 Å². The highest BCUT2D eigenvalue weighted by Crippen LogP contribution is 2.13. The van der Waals surface area contributed by atoms with Crippen molar-refractivity contribution in [2.75, 3.05) is 5.32 Å². The summed E-state index contributed by atoms with van der Waals surface area (Å²) in [6.45, 7) is 2.80. The lowest BCUT2D eigenvalue weighted by Crippen LogP contribution is -2.11. The molecular formula is C15H17N3O3. The van der Waals surface area contributed by atoms with Gasteiger partial charge in [0.2, 0.25) is 0 Å². The Morgan fingerprint density at radius 3 is 2.90 bits per heavy atom. The second kappa shape index (κ2) is 6.69. The average molecular weight is 287 g/mol. The van der Waals surface area contributed by atoms with E-state index in [-0.39, 0.29) is 12.3 Å². The minimum atomic E-state index is -0.903. The minimum Gasteiger partial charge on any atom is -0.481 e. The summed E-state index contributed by atoms with van der Waals surface area (Å²) in [6.07, 6.45) is 4.09. The van der Waals surface area contributed by atoms with Crippen LogP contribution in [-0.2, 0) is 17.8 Å². The molecule has 0 aliphatic heterocycles. The van der Waals surface area contributed by atoms with Gasteiger partial charge in [-0.3, -0.25) is 14.3 Å². The van der Waals surface area contributed by atoms with Gasteiger partial charge < -0.3 is 10.4 Å². The van der Waals surface area contributed by atoms with Crippen LogP contribution >= 0.6 is 0 Å². The van der Waals surface area contributed by atoms with E-state index in [1.165, 1.54) is 6.20 Å². The molecule has 2 aromatic rings. The lowest BCUT2D eigenvalue weighted by atomic mass is 10.1. The monoisotopic (exact) mass is 287 g/mol. The Hall–Kier alpha value is -2.63. The van der Waals surface area contributed by atoms with Crippen LogP contribution in [0.3, 0.4) is 0 Å². The van der Waals surface area contributed by atoms with Crippen molar-refractivity contribution in [1.82, 2.24) is 9.78 Å². The standard InChI is InChI=1S/C15H17N3O3/c1-2-6-18-10-12(9-16-18)15(21)17-13-5-3-4-11(7-13)8-14(19)20/h3-5,7,9-10H,2,6,8H2,1H3,(H,17,21)(H,19,20). The van der Waals surface area contributed by atoms with Gasteiger partial charge in [0.25, 0.3) is 5.91 Å². The van der Waals surface area contributed by atoms with E-state index in [9.17, 15) is 9.59 Å². The Kier molecular flexibility index (Phi) is 4.71. The molecule has 2 rings (SSSR count). The smallest absolute Gasteiger partial charge is 0.307 e. The predicted molar refractivity (Wildman–Crippen MR) is 78.3 cm³/mol. The summed E-state index contributed by atoms with van der Waals surface area (Å²) >= 11 is 0. The third-order valence-electron chi connectivity index (χ3n) is 2.89. The Balaban J connectivity index is 2.06. The van der Waals surface area contributed by atoms with E-state index in [0.717, 1.165) is 13.0 Å². The lowest BCUT2D eigenvalue weighted by molar-refractivity contribution is -0.136. The number of aromatic nitrogens is 2. The Morgan fingerprint density at radius 1 is 1.38 bits per heavy atom. The zero-order valence-electron chi connectivity index (χ0n) is 11.7. The largest absolute Gasteiger partial charge is 0.481 e. The number of aryl methyl sites for hydroxylation is 1. The van der Waals surface area contributed by atoms with Crippen molar-refractivity contribution in [2.24, 2.45) is 0 Å². The number of hydrogen-bond donors (Lipinski definition) is 2. The molecule has 0 aliphatic carbocycles. The van der Waals surface area contributed by atoms with Crippen molar-refractivity contribution in [3.8, 4) is 0 Å². The van der Waals surface area contributed by atoms with E-state index in [1.807, 2.05) is 6.92 Å². The number of carbonyl (C=O) groups excluding carboxylic acids is 1. The van der Waals surface area contributed by atoms with Gasteiger partial charge in [0.1, 0.15) is 0 Å². The van der Waals surface area contributed by atoms with Gasteiger partial charge >= 0.3 is 5.97 Å². The van der Waals surface area contributed by atoms with Crippen molar-refractivity contribution in [2.45, 2.75) is 26.3 Å². The maximum atomic E-state index is 12.1. The predicted octanol–water partition coefficient (Wildman–Crippen LogP) is 2.17. The maximum Gasteiger partial charge on any atom is 0.307 e. The number of amides is 1. The summed E-state index contributed by atoms with van der Waals surface area (Å²) in [7, 11) is 0. The van der Waals surface area contributed by atoms with Gasteiger partial charge in [-0.1, -0.05) is 19.1 Å². The van der Waals surface area contributed by atoms with Crippen molar-refractivity contribution in [3.05, 3.63) is 47.8 Å². The van der Waals surface area contributed by atoms with Crippen LogP contribution in [0.2, 0.25) is 0 Å². The molecule has 0 radical (unpaired) electrons. The molecule has 0 spiro atoms. The number of hydrogen-bond acceptors (Lipinski definition) is 3. The fraction of sp³-hybridized carbons (Fsp3) is 0.267. The Labute approximate surface area is 122 Å². The van der Waals surface area contributed by atoms with E-state index in [2.05, 4.69) is 10.4 Å². The van der Waals surface area contributed by atoms with E-state index in [4.69, 9.17) is 5.11 Å². The maximum absolute atomic E-state index is 12.1. The van der Waals surface area contributed by atoms with Gasteiger partial charge in [0.15, 0.2) is 0 Å². The van der Waals surface area contributed by atoms with Crippen LogP contribution in [0.25, 0.3) is 0 Å². The molecule has 110 valence electrons. The molecule has 6 nitrogen and oxygen atoms in total. The first-order valence-electron chi connectivity index (χ1n) is 6.73. The first-order valence-corrected chi connectivity index (χ1v) is 6.73. The molecule has 0 unspecified atom stereocenters. The summed E-state index contributed by atoms with van der Waals surface area (Å²) in [6, 6.07) is 6.81.